The predicted octanol–water partition coefficient (Wildman–Crippen LogP) is 0.399. The quantitative estimate of drug-likeness (QED) is 0.535. The fourth-order valence-electron chi connectivity index (χ4n) is 2.47. The Bertz CT molecular complexity index is 688. The zero-order valence-corrected chi connectivity index (χ0v) is 15.8. The zero-order valence-electron chi connectivity index (χ0n) is 13.4. The number of rotatable bonds is 8. The average molecular weight is 432 g/mol. The molecule has 7 nitrogen and oxygen atoms in total. The van der Waals surface area contributed by atoms with E-state index in [9.17, 15) is 36.9 Å². The highest BCUT2D eigenvalue weighted by Gasteiger charge is 2.54. The number of carbonyl (C=O) groups is 3. The second-order valence-electron chi connectivity index (χ2n) is 5.41. The number of hydrogen-bond acceptors (Lipinski definition) is 6. The molecule has 1 fully saturated rings. The molecule has 13 heteroatoms. The van der Waals surface area contributed by atoms with E-state index in [0.29, 0.717) is 17.1 Å². The molecule has 0 bridgehead atoms. The van der Waals surface area contributed by atoms with E-state index in [1.54, 1.807) is 6.26 Å². The Balaban J connectivity index is 2.06. The first kappa shape index (κ1) is 21.1. The maximum atomic E-state index is 12.9. The summed E-state index contributed by atoms with van der Waals surface area (Å²) in [6.07, 6.45) is 1.79. The summed E-state index contributed by atoms with van der Waals surface area (Å²) in [5.74, 6) is -3.42. The van der Waals surface area contributed by atoms with Crippen LogP contribution in [0.3, 0.4) is 0 Å². The molecule has 3 atom stereocenters. The Morgan fingerprint density at radius 2 is 2.15 bits per heavy atom. The summed E-state index contributed by atoms with van der Waals surface area (Å²) < 4.78 is 49.3. The number of halogens is 3. The molecule has 2 aliphatic heterocycles. The van der Waals surface area contributed by atoms with Gasteiger partial charge in [0.25, 0.3) is 5.91 Å². The minimum atomic E-state index is -4.14. The highest BCUT2D eigenvalue weighted by atomic mass is 32.2. The number of carboxylic acids is 1. The molecule has 0 aromatic heterocycles. The minimum Gasteiger partial charge on any atom is -0.477 e. The first-order valence-corrected chi connectivity index (χ1v) is 10.9. The van der Waals surface area contributed by atoms with Crippen molar-refractivity contribution in [2.24, 2.45) is 0 Å². The molecule has 2 amide bonds. The smallest absolute Gasteiger partial charge is 0.352 e. The van der Waals surface area contributed by atoms with Gasteiger partial charge in [0, 0.05) is 11.5 Å². The number of nitrogens with one attached hydrogen (secondary N) is 1. The third-order valence-electron chi connectivity index (χ3n) is 3.64. The summed E-state index contributed by atoms with van der Waals surface area (Å²) in [7, 11) is -3.06. The average Bonchev–Trinajstić information content (AvgIpc) is 2.59. The van der Waals surface area contributed by atoms with Crippen LogP contribution in [0.15, 0.2) is 11.3 Å². The molecule has 2 unspecified atom stereocenters. The number of amides is 2. The number of hydrogen-bond donors (Lipinski definition) is 2. The molecule has 0 spiro atoms. The van der Waals surface area contributed by atoms with E-state index in [4.69, 9.17) is 0 Å². The van der Waals surface area contributed by atoms with Crippen LogP contribution >= 0.6 is 23.5 Å². The van der Waals surface area contributed by atoms with Crippen molar-refractivity contribution in [3.05, 3.63) is 11.3 Å². The lowest BCUT2D eigenvalue weighted by atomic mass is 10.0. The lowest BCUT2D eigenvalue weighted by Crippen LogP contribution is -2.71. The van der Waals surface area contributed by atoms with Gasteiger partial charge in [-0.25, -0.2) is 9.18 Å². The third-order valence-corrected chi connectivity index (χ3v) is 6.91. The van der Waals surface area contributed by atoms with Gasteiger partial charge in [-0.2, -0.15) is 20.5 Å². The van der Waals surface area contributed by atoms with Crippen molar-refractivity contribution < 1.29 is 36.9 Å². The van der Waals surface area contributed by atoms with Gasteiger partial charge < -0.3 is 10.4 Å². The molecule has 0 aromatic rings. The van der Waals surface area contributed by atoms with Gasteiger partial charge in [-0.05, 0) is 11.8 Å². The lowest BCUT2D eigenvalue weighted by molar-refractivity contribution is -0.150. The second-order valence-corrected chi connectivity index (χ2v) is 8.95. The summed E-state index contributed by atoms with van der Waals surface area (Å²) in [4.78, 5) is 36.5. The molecule has 0 radical (unpaired) electrons. The first-order chi connectivity index (χ1) is 12.1. The number of β-lactam (4-membered cyclic amide) rings is 1. The summed E-state index contributed by atoms with van der Waals surface area (Å²) >= 11 is 2.64. The number of carboxylic acid groups (broad SMARTS) is 1. The van der Waals surface area contributed by atoms with Crippen molar-refractivity contribution in [1.29, 1.82) is 0 Å². The van der Waals surface area contributed by atoms with Gasteiger partial charge in [0.05, 0.1) is 0 Å². The fourth-order valence-corrected chi connectivity index (χ4v) is 5.19. The predicted molar refractivity (Wildman–Crippen MR) is 92.0 cm³/mol. The monoisotopic (exact) mass is 432 g/mol. The molecule has 1 saturated heterocycles. The van der Waals surface area contributed by atoms with Crippen LogP contribution in [-0.2, 0) is 25.2 Å². The van der Waals surface area contributed by atoms with Gasteiger partial charge >= 0.3 is 11.2 Å². The number of alkyl halides is 3. The Labute approximate surface area is 157 Å². The molecular formula is C13H15F3N2O5S3. The molecule has 2 rings (SSSR count). The molecule has 146 valence electrons. The van der Waals surface area contributed by atoms with Crippen LogP contribution < -0.4 is 5.32 Å². The zero-order chi connectivity index (χ0) is 19.6. The van der Waals surface area contributed by atoms with Crippen molar-refractivity contribution in [1.82, 2.24) is 10.2 Å². The van der Waals surface area contributed by atoms with E-state index < -0.39 is 57.7 Å². The largest absolute Gasteiger partial charge is 0.477 e. The van der Waals surface area contributed by atoms with Crippen molar-refractivity contribution in [3.8, 4) is 0 Å². The van der Waals surface area contributed by atoms with Crippen LogP contribution in [0.25, 0.3) is 0 Å². The van der Waals surface area contributed by atoms with E-state index in [2.05, 4.69) is 5.32 Å². The van der Waals surface area contributed by atoms with E-state index in [1.165, 1.54) is 23.5 Å². The van der Waals surface area contributed by atoms with Crippen LogP contribution in [0, 0.1) is 0 Å². The van der Waals surface area contributed by atoms with Crippen LogP contribution in [0.5, 0.6) is 0 Å². The topological polar surface area (TPSA) is 104 Å². The van der Waals surface area contributed by atoms with E-state index in [-0.39, 0.29) is 5.70 Å². The van der Waals surface area contributed by atoms with Gasteiger partial charge in [0.15, 0.2) is 6.67 Å². The van der Waals surface area contributed by atoms with Crippen LogP contribution in [-0.4, -0.2) is 78.9 Å². The van der Waals surface area contributed by atoms with Crippen molar-refractivity contribution in [3.63, 3.8) is 0 Å². The van der Waals surface area contributed by atoms with Crippen molar-refractivity contribution in [2.75, 3.05) is 30.2 Å². The summed E-state index contributed by atoms with van der Waals surface area (Å²) in [5.41, 5.74) is 0.444. The second kappa shape index (κ2) is 8.21. The number of nitrogens with zero attached hydrogens (tertiary/aromatic N) is 1. The fraction of sp³-hybridized carbons (Fsp3) is 0.615. The molecule has 2 heterocycles. The van der Waals surface area contributed by atoms with Crippen LogP contribution in [0.2, 0.25) is 0 Å². The number of fused-ring (bicyclic) bond motifs is 1. The normalized spacial score (nSPS) is 24.0. The molecular weight excluding hydrogens is 417 g/mol. The third kappa shape index (κ3) is 4.03. The molecule has 2 aliphatic rings. The maximum absolute atomic E-state index is 12.9. The van der Waals surface area contributed by atoms with Gasteiger partial charge in [0.1, 0.15) is 33.7 Å². The van der Waals surface area contributed by atoms with Crippen LogP contribution in [0.1, 0.15) is 0 Å². The van der Waals surface area contributed by atoms with Crippen molar-refractivity contribution >= 4 is 52.1 Å². The highest BCUT2D eigenvalue weighted by Crippen LogP contribution is 2.40. The number of carbonyl (C=O) groups excluding carboxylic acids is 2. The molecule has 0 aromatic carbocycles. The van der Waals surface area contributed by atoms with Gasteiger partial charge in [0.2, 0.25) is 5.91 Å². The lowest BCUT2D eigenvalue weighted by Gasteiger charge is -2.49. The number of thioether (sulfide) groups is 2. The molecule has 0 saturated carbocycles. The summed E-state index contributed by atoms with van der Waals surface area (Å²) in [6, 6.07) is -1.10. The summed E-state index contributed by atoms with van der Waals surface area (Å²) in [5, 5.41) is 6.72. The Morgan fingerprint density at radius 1 is 1.50 bits per heavy atom. The Morgan fingerprint density at radius 3 is 2.69 bits per heavy atom. The first-order valence-electron chi connectivity index (χ1n) is 7.14. The number of aliphatic carboxylic acids is 1. The van der Waals surface area contributed by atoms with E-state index in [1.807, 2.05) is 0 Å². The van der Waals surface area contributed by atoms with Gasteiger partial charge in [-0.1, -0.05) is 0 Å². The van der Waals surface area contributed by atoms with E-state index >= 15 is 0 Å². The van der Waals surface area contributed by atoms with Crippen molar-refractivity contribution in [2.45, 2.75) is 16.7 Å². The molecule has 2 N–H and O–H groups in total. The molecule has 0 aliphatic carbocycles. The SMILES string of the molecule is CSCC1=C(C(=O)O)N2C(=O)C(NC(=O)CS(=O)C(F)(F)CF)[C@@H]2SC1. The summed E-state index contributed by atoms with van der Waals surface area (Å²) in [6.45, 7) is -2.16. The maximum Gasteiger partial charge on any atom is 0.352 e. The molecule has 26 heavy (non-hydrogen) atoms. The minimum absolute atomic E-state index is 0.133. The standard InChI is InChI=1S/C13H15F3N2O5S3/c1-24-2-6-3-25-11-8(10(20)18(11)9(6)12(21)22)17-7(19)4-26(23)13(15,16)5-14/h8,11H,2-5H2,1H3,(H,17,19)(H,21,22)/t8?,11-,26?/m0/s1. The Hall–Kier alpha value is -1.21. The highest BCUT2D eigenvalue weighted by molar-refractivity contribution is 8.00. The van der Waals surface area contributed by atoms with Crippen LogP contribution in [0.4, 0.5) is 13.2 Å². The van der Waals surface area contributed by atoms with Gasteiger partial charge in [-0.15, -0.1) is 11.8 Å². The Kier molecular flexibility index (Phi) is 6.66. The van der Waals surface area contributed by atoms with E-state index in [0.717, 1.165) is 4.90 Å². The van der Waals surface area contributed by atoms with Gasteiger partial charge in [-0.3, -0.25) is 18.7 Å².